The van der Waals surface area contributed by atoms with Crippen molar-refractivity contribution in [3.05, 3.63) is 30.3 Å². The number of rotatable bonds is 5. The van der Waals surface area contributed by atoms with Crippen LogP contribution < -0.4 is 0 Å². The van der Waals surface area contributed by atoms with E-state index >= 15 is 0 Å². The molecule has 0 heterocycles. The van der Waals surface area contributed by atoms with Crippen LogP contribution in [0.15, 0.2) is 35.2 Å². The lowest BCUT2D eigenvalue weighted by molar-refractivity contribution is -0.152. The molecule has 0 fully saturated rings. The van der Waals surface area contributed by atoms with Crippen LogP contribution in [0.25, 0.3) is 0 Å². The standard InChI is InChI=1S/C12H16O3S/c1-3-15-12(14)11(13)9(2)16-10-7-5-4-6-8-10/h4-9,11,13H,3H2,1-2H3. The molecule has 0 saturated heterocycles. The van der Waals surface area contributed by atoms with Gasteiger partial charge in [-0.05, 0) is 26.0 Å². The first kappa shape index (κ1) is 13.1. The number of benzene rings is 1. The number of aliphatic hydroxyl groups excluding tert-OH is 1. The summed E-state index contributed by atoms with van der Waals surface area (Å²) in [6.45, 7) is 3.82. The van der Waals surface area contributed by atoms with Crippen LogP contribution in [0.1, 0.15) is 13.8 Å². The molecule has 4 heteroatoms. The quantitative estimate of drug-likeness (QED) is 0.632. The third-order valence-corrected chi connectivity index (χ3v) is 3.21. The highest BCUT2D eigenvalue weighted by molar-refractivity contribution is 8.00. The molecule has 0 aliphatic heterocycles. The zero-order valence-electron chi connectivity index (χ0n) is 9.42. The summed E-state index contributed by atoms with van der Waals surface area (Å²) < 4.78 is 4.76. The highest BCUT2D eigenvalue weighted by atomic mass is 32.2. The average Bonchev–Trinajstić information content (AvgIpc) is 2.29. The minimum absolute atomic E-state index is 0.221. The number of aliphatic hydroxyl groups is 1. The Morgan fingerprint density at radius 1 is 1.44 bits per heavy atom. The maximum absolute atomic E-state index is 11.3. The number of carbonyl (C=O) groups excluding carboxylic acids is 1. The highest BCUT2D eigenvalue weighted by Crippen LogP contribution is 2.25. The van der Waals surface area contributed by atoms with Crippen LogP contribution in [0.2, 0.25) is 0 Å². The third kappa shape index (κ3) is 3.87. The molecule has 0 bridgehead atoms. The summed E-state index contributed by atoms with van der Waals surface area (Å²) in [5.74, 6) is -0.557. The lowest BCUT2D eigenvalue weighted by Gasteiger charge is -2.16. The molecule has 16 heavy (non-hydrogen) atoms. The number of esters is 1. The molecule has 0 aliphatic carbocycles. The zero-order chi connectivity index (χ0) is 12.0. The maximum Gasteiger partial charge on any atom is 0.336 e. The van der Waals surface area contributed by atoms with E-state index in [0.717, 1.165) is 4.90 Å². The number of ether oxygens (including phenoxy) is 1. The van der Waals surface area contributed by atoms with Gasteiger partial charge in [-0.25, -0.2) is 4.79 Å². The fraction of sp³-hybridized carbons (Fsp3) is 0.417. The minimum Gasteiger partial charge on any atom is -0.464 e. The first-order valence-corrected chi connectivity index (χ1v) is 6.09. The van der Waals surface area contributed by atoms with E-state index in [1.807, 2.05) is 30.3 Å². The van der Waals surface area contributed by atoms with Crippen molar-refractivity contribution in [3.8, 4) is 0 Å². The highest BCUT2D eigenvalue weighted by Gasteiger charge is 2.24. The van der Waals surface area contributed by atoms with Crippen LogP contribution in [0, 0.1) is 0 Å². The average molecular weight is 240 g/mol. The Bertz CT molecular complexity index is 326. The van der Waals surface area contributed by atoms with E-state index in [-0.39, 0.29) is 5.25 Å². The van der Waals surface area contributed by atoms with Gasteiger partial charge in [-0.15, -0.1) is 11.8 Å². The summed E-state index contributed by atoms with van der Waals surface area (Å²) in [5, 5.41) is 9.46. The molecule has 0 saturated carbocycles. The van der Waals surface area contributed by atoms with Crippen LogP contribution in [-0.4, -0.2) is 29.0 Å². The van der Waals surface area contributed by atoms with Crippen molar-refractivity contribution in [3.63, 3.8) is 0 Å². The predicted molar refractivity (Wildman–Crippen MR) is 64.4 cm³/mol. The Balaban J connectivity index is 2.52. The molecule has 2 unspecified atom stereocenters. The molecule has 0 amide bonds. The van der Waals surface area contributed by atoms with Gasteiger partial charge < -0.3 is 9.84 Å². The van der Waals surface area contributed by atoms with Crippen molar-refractivity contribution in [2.45, 2.75) is 30.1 Å². The molecule has 2 atom stereocenters. The fourth-order valence-electron chi connectivity index (χ4n) is 1.20. The molecule has 1 aromatic carbocycles. The Kier molecular flexibility index (Phi) is 5.35. The Hall–Kier alpha value is -1.00. The van der Waals surface area contributed by atoms with Crippen molar-refractivity contribution in [1.82, 2.24) is 0 Å². The lowest BCUT2D eigenvalue weighted by atomic mass is 10.3. The van der Waals surface area contributed by atoms with Crippen molar-refractivity contribution in [1.29, 1.82) is 0 Å². The topological polar surface area (TPSA) is 46.5 Å². The molecule has 1 N–H and O–H groups in total. The smallest absolute Gasteiger partial charge is 0.336 e. The first-order valence-electron chi connectivity index (χ1n) is 5.21. The number of carbonyl (C=O) groups is 1. The lowest BCUT2D eigenvalue weighted by Crippen LogP contribution is -2.31. The fourth-order valence-corrected chi connectivity index (χ4v) is 2.18. The van der Waals surface area contributed by atoms with Crippen LogP contribution >= 0.6 is 11.8 Å². The van der Waals surface area contributed by atoms with Gasteiger partial charge in [0.05, 0.1) is 6.61 Å². The van der Waals surface area contributed by atoms with Gasteiger partial charge in [0.25, 0.3) is 0 Å². The predicted octanol–water partition coefficient (Wildman–Crippen LogP) is 2.09. The molecule has 1 aromatic rings. The van der Waals surface area contributed by atoms with E-state index in [9.17, 15) is 9.90 Å². The molecule has 3 nitrogen and oxygen atoms in total. The number of hydrogen-bond acceptors (Lipinski definition) is 4. The maximum atomic E-state index is 11.3. The second kappa shape index (κ2) is 6.55. The Morgan fingerprint density at radius 2 is 2.06 bits per heavy atom. The largest absolute Gasteiger partial charge is 0.464 e. The molecule has 0 aliphatic rings. The summed E-state index contributed by atoms with van der Waals surface area (Å²) in [4.78, 5) is 12.3. The van der Waals surface area contributed by atoms with E-state index in [0.29, 0.717) is 6.61 Å². The zero-order valence-corrected chi connectivity index (χ0v) is 10.2. The van der Waals surface area contributed by atoms with E-state index in [1.54, 1.807) is 13.8 Å². The van der Waals surface area contributed by atoms with Gasteiger partial charge in [-0.1, -0.05) is 18.2 Å². The molecular formula is C12H16O3S. The van der Waals surface area contributed by atoms with Crippen LogP contribution in [0.4, 0.5) is 0 Å². The summed E-state index contributed by atoms with van der Waals surface area (Å²) in [6, 6.07) is 9.66. The van der Waals surface area contributed by atoms with Gasteiger partial charge >= 0.3 is 5.97 Å². The van der Waals surface area contributed by atoms with Crippen LogP contribution in [0.5, 0.6) is 0 Å². The number of hydrogen-bond donors (Lipinski definition) is 1. The van der Waals surface area contributed by atoms with Gasteiger partial charge in [-0.2, -0.15) is 0 Å². The van der Waals surface area contributed by atoms with Crippen molar-refractivity contribution < 1.29 is 14.6 Å². The van der Waals surface area contributed by atoms with Gasteiger partial charge in [-0.3, -0.25) is 0 Å². The van der Waals surface area contributed by atoms with Gasteiger partial charge in [0.15, 0.2) is 6.10 Å². The number of thioether (sulfide) groups is 1. The molecular weight excluding hydrogens is 224 g/mol. The van der Waals surface area contributed by atoms with Gasteiger partial charge in [0.1, 0.15) is 0 Å². The molecule has 88 valence electrons. The van der Waals surface area contributed by atoms with Crippen molar-refractivity contribution in [2.75, 3.05) is 6.61 Å². The van der Waals surface area contributed by atoms with Gasteiger partial charge in [0.2, 0.25) is 0 Å². The SMILES string of the molecule is CCOC(=O)C(O)C(C)Sc1ccccc1. The van der Waals surface area contributed by atoms with E-state index in [4.69, 9.17) is 4.74 Å². The summed E-state index contributed by atoms with van der Waals surface area (Å²) in [7, 11) is 0. The molecule has 0 radical (unpaired) electrons. The van der Waals surface area contributed by atoms with E-state index < -0.39 is 12.1 Å². The molecule has 0 aromatic heterocycles. The summed E-state index contributed by atoms with van der Waals surface area (Å²) in [5.41, 5.74) is 0. The third-order valence-electron chi connectivity index (χ3n) is 2.04. The van der Waals surface area contributed by atoms with Gasteiger partial charge in [0, 0.05) is 10.1 Å². The molecule has 1 rings (SSSR count). The second-order valence-electron chi connectivity index (χ2n) is 3.33. The summed E-state index contributed by atoms with van der Waals surface area (Å²) in [6.07, 6.45) is -1.08. The monoisotopic (exact) mass is 240 g/mol. The van der Waals surface area contributed by atoms with E-state index in [1.165, 1.54) is 11.8 Å². The molecule has 0 spiro atoms. The van der Waals surface area contributed by atoms with Crippen molar-refractivity contribution >= 4 is 17.7 Å². The van der Waals surface area contributed by atoms with Crippen LogP contribution in [0.3, 0.4) is 0 Å². The second-order valence-corrected chi connectivity index (χ2v) is 4.78. The normalized spacial score (nSPS) is 14.2. The first-order chi connectivity index (χ1) is 7.65. The summed E-state index contributed by atoms with van der Waals surface area (Å²) >= 11 is 1.46. The van der Waals surface area contributed by atoms with Crippen LogP contribution in [-0.2, 0) is 9.53 Å². The van der Waals surface area contributed by atoms with E-state index in [2.05, 4.69) is 0 Å². The minimum atomic E-state index is -1.08. The van der Waals surface area contributed by atoms with Crippen molar-refractivity contribution in [2.24, 2.45) is 0 Å². The Morgan fingerprint density at radius 3 is 2.62 bits per heavy atom. The Labute approximate surface area is 99.8 Å².